The zero-order valence-corrected chi connectivity index (χ0v) is 10.8. The van der Waals surface area contributed by atoms with Crippen molar-refractivity contribution in [3.63, 3.8) is 0 Å². The highest BCUT2D eigenvalue weighted by Crippen LogP contribution is 2.07. The average molecular weight is 248 g/mol. The molecule has 0 spiro atoms. The van der Waals surface area contributed by atoms with Crippen molar-refractivity contribution in [3.8, 4) is 5.69 Å². The summed E-state index contributed by atoms with van der Waals surface area (Å²) in [7, 11) is 0. The van der Waals surface area contributed by atoms with E-state index >= 15 is 0 Å². The van der Waals surface area contributed by atoms with Gasteiger partial charge in [-0.2, -0.15) is 15.0 Å². The SMILES string of the molecule is CC(C)(C)NCc1cnn(-c2ccc(F)cc2)n1. The van der Waals surface area contributed by atoms with E-state index < -0.39 is 0 Å². The molecule has 0 amide bonds. The first-order chi connectivity index (χ1) is 8.44. The van der Waals surface area contributed by atoms with Crippen LogP contribution in [-0.2, 0) is 6.54 Å². The Labute approximate surface area is 106 Å². The van der Waals surface area contributed by atoms with Crippen molar-refractivity contribution in [1.82, 2.24) is 20.3 Å². The second-order valence-corrected chi connectivity index (χ2v) is 5.21. The van der Waals surface area contributed by atoms with E-state index in [1.165, 1.54) is 16.9 Å². The van der Waals surface area contributed by atoms with Crippen LogP contribution in [0.1, 0.15) is 26.5 Å². The maximum atomic E-state index is 12.8. The molecule has 2 aromatic rings. The molecule has 0 fully saturated rings. The van der Waals surface area contributed by atoms with Crippen LogP contribution in [0.15, 0.2) is 30.5 Å². The lowest BCUT2D eigenvalue weighted by Gasteiger charge is -2.19. The molecule has 0 aliphatic rings. The number of aromatic nitrogens is 3. The predicted molar refractivity (Wildman–Crippen MR) is 67.9 cm³/mol. The van der Waals surface area contributed by atoms with Gasteiger partial charge in [-0.05, 0) is 45.0 Å². The van der Waals surface area contributed by atoms with Crippen LogP contribution < -0.4 is 5.32 Å². The summed E-state index contributed by atoms with van der Waals surface area (Å²) < 4.78 is 12.8. The van der Waals surface area contributed by atoms with Gasteiger partial charge in [-0.25, -0.2) is 4.39 Å². The molecule has 0 saturated heterocycles. The summed E-state index contributed by atoms with van der Waals surface area (Å²) in [6, 6.07) is 6.09. The lowest BCUT2D eigenvalue weighted by atomic mass is 10.1. The van der Waals surface area contributed by atoms with Crippen molar-refractivity contribution in [2.24, 2.45) is 0 Å². The van der Waals surface area contributed by atoms with Gasteiger partial charge in [-0.3, -0.25) is 0 Å². The summed E-state index contributed by atoms with van der Waals surface area (Å²) in [6.45, 7) is 6.94. The summed E-state index contributed by atoms with van der Waals surface area (Å²) >= 11 is 0. The number of halogens is 1. The van der Waals surface area contributed by atoms with Crippen molar-refractivity contribution in [3.05, 3.63) is 42.0 Å². The Morgan fingerprint density at radius 3 is 2.50 bits per heavy atom. The van der Waals surface area contributed by atoms with Crippen LogP contribution >= 0.6 is 0 Å². The van der Waals surface area contributed by atoms with Gasteiger partial charge >= 0.3 is 0 Å². The minimum absolute atomic E-state index is 0.0413. The highest BCUT2D eigenvalue weighted by molar-refractivity contribution is 5.29. The fourth-order valence-electron chi connectivity index (χ4n) is 1.43. The van der Waals surface area contributed by atoms with Crippen LogP contribution in [0, 0.1) is 5.82 Å². The van der Waals surface area contributed by atoms with Gasteiger partial charge in [0.1, 0.15) is 5.82 Å². The Balaban J connectivity index is 2.08. The third-order valence-corrected chi connectivity index (χ3v) is 2.40. The van der Waals surface area contributed by atoms with Gasteiger partial charge in [0.05, 0.1) is 17.6 Å². The molecule has 0 saturated carbocycles. The van der Waals surface area contributed by atoms with E-state index in [1.807, 2.05) is 0 Å². The molecule has 0 aliphatic heterocycles. The maximum Gasteiger partial charge on any atom is 0.123 e. The van der Waals surface area contributed by atoms with E-state index in [-0.39, 0.29) is 11.4 Å². The number of benzene rings is 1. The van der Waals surface area contributed by atoms with Crippen molar-refractivity contribution in [2.75, 3.05) is 0 Å². The molecule has 0 bridgehead atoms. The number of hydrogen-bond acceptors (Lipinski definition) is 3. The van der Waals surface area contributed by atoms with Gasteiger partial charge in [0.15, 0.2) is 0 Å². The lowest BCUT2D eigenvalue weighted by Crippen LogP contribution is -2.35. The smallest absolute Gasteiger partial charge is 0.123 e. The molecule has 1 heterocycles. The molecule has 1 aromatic heterocycles. The normalized spacial score (nSPS) is 11.8. The average Bonchev–Trinajstić information content (AvgIpc) is 2.75. The topological polar surface area (TPSA) is 42.7 Å². The zero-order chi connectivity index (χ0) is 13.2. The van der Waals surface area contributed by atoms with Crippen molar-refractivity contribution >= 4 is 0 Å². The summed E-state index contributed by atoms with van der Waals surface area (Å²) in [5.74, 6) is -0.263. The van der Waals surface area contributed by atoms with Crippen molar-refractivity contribution < 1.29 is 4.39 Å². The quantitative estimate of drug-likeness (QED) is 0.906. The summed E-state index contributed by atoms with van der Waals surface area (Å²) in [4.78, 5) is 1.50. The van der Waals surface area contributed by atoms with E-state index in [0.29, 0.717) is 6.54 Å². The van der Waals surface area contributed by atoms with Crippen LogP contribution in [0.5, 0.6) is 0 Å². The van der Waals surface area contributed by atoms with Gasteiger partial charge in [-0.1, -0.05) is 0 Å². The molecule has 2 rings (SSSR count). The second-order valence-electron chi connectivity index (χ2n) is 5.21. The minimum Gasteiger partial charge on any atom is -0.306 e. The van der Waals surface area contributed by atoms with Crippen LogP contribution in [0.3, 0.4) is 0 Å². The summed E-state index contributed by atoms with van der Waals surface area (Å²) in [5, 5.41) is 11.8. The number of hydrogen-bond donors (Lipinski definition) is 1. The molecule has 0 radical (unpaired) electrons. The number of nitrogens with one attached hydrogen (secondary N) is 1. The molecule has 96 valence electrons. The molecule has 0 atom stereocenters. The highest BCUT2D eigenvalue weighted by atomic mass is 19.1. The van der Waals surface area contributed by atoms with Gasteiger partial charge in [0, 0.05) is 12.1 Å². The predicted octanol–water partition coefficient (Wildman–Crippen LogP) is 2.29. The molecule has 18 heavy (non-hydrogen) atoms. The summed E-state index contributed by atoms with van der Waals surface area (Å²) in [6.07, 6.45) is 1.71. The van der Waals surface area contributed by atoms with Crippen molar-refractivity contribution in [2.45, 2.75) is 32.9 Å². The third kappa shape index (κ3) is 3.37. The number of rotatable bonds is 3. The molecule has 1 N–H and O–H groups in total. The Hall–Kier alpha value is -1.75. The van der Waals surface area contributed by atoms with E-state index in [9.17, 15) is 4.39 Å². The Bertz CT molecular complexity index is 511. The second kappa shape index (κ2) is 4.86. The highest BCUT2D eigenvalue weighted by Gasteiger charge is 2.10. The Morgan fingerprint density at radius 1 is 1.22 bits per heavy atom. The van der Waals surface area contributed by atoms with Crippen LogP contribution in [-0.4, -0.2) is 20.5 Å². The first kappa shape index (κ1) is 12.7. The zero-order valence-electron chi connectivity index (χ0n) is 10.8. The van der Waals surface area contributed by atoms with Crippen LogP contribution in [0.25, 0.3) is 5.69 Å². The van der Waals surface area contributed by atoms with Crippen molar-refractivity contribution in [1.29, 1.82) is 0 Å². The van der Waals surface area contributed by atoms with Crippen LogP contribution in [0.4, 0.5) is 4.39 Å². The van der Waals surface area contributed by atoms with E-state index in [2.05, 4.69) is 36.3 Å². The molecule has 1 aromatic carbocycles. The third-order valence-electron chi connectivity index (χ3n) is 2.40. The molecular weight excluding hydrogens is 231 g/mol. The number of nitrogens with zero attached hydrogens (tertiary/aromatic N) is 3. The molecular formula is C13H17FN4. The fraction of sp³-hybridized carbons (Fsp3) is 0.385. The van der Waals surface area contributed by atoms with Gasteiger partial charge < -0.3 is 5.32 Å². The van der Waals surface area contributed by atoms with Gasteiger partial charge in [-0.15, -0.1) is 0 Å². The summed E-state index contributed by atoms with van der Waals surface area (Å²) in [5.41, 5.74) is 1.65. The maximum absolute atomic E-state index is 12.8. The first-order valence-electron chi connectivity index (χ1n) is 5.86. The van der Waals surface area contributed by atoms with E-state index in [4.69, 9.17) is 0 Å². The lowest BCUT2D eigenvalue weighted by molar-refractivity contribution is 0.420. The standard InChI is InChI=1S/C13H17FN4/c1-13(2,3)15-8-11-9-16-18(17-11)12-6-4-10(14)5-7-12/h4-7,9,15H,8H2,1-3H3. The Kier molecular flexibility index (Phi) is 3.43. The first-order valence-corrected chi connectivity index (χ1v) is 5.86. The largest absolute Gasteiger partial charge is 0.306 e. The van der Waals surface area contributed by atoms with E-state index in [1.54, 1.807) is 18.3 Å². The van der Waals surface area contributed by atoms with Gasteiger partial charge in [0.25, 0.3) is 0 Å². The molecule has 0 unspecified atom stereocenters. The molecule has 5 heteroatoms. The minimum atomic E-state index is -0.263. The molecule has 0 aliphatic carbocycles. The van der Waals surface area contributed by atoms with Gasteiger partial charge in [0.2, 0.25) is 0 Å². The van der Waals surface area contributed by atoms with E-state index in [0.717, 1.165) is 11.4 Å². The molecule has 4 nitrogen and oxygen atoms in total. The Morgan fingerprint density at radius 2 is 1.89 bits per heavy atom. The fourth-order valence-corrected chi connectivity index (χ4v) is 1.43. The monoisotopic (exact) mass is 248 g/mol. The van der Waals surface area contributed by atoms with Crippen LogP contribution in [0.2, 0.25) is 0 Å².